The summed E-state index contributed by atoms with van der Waals surface area (Å²) in [6, 6.07) is 14.4. The van der Waals surface area contributed by atoms with E-state index in [0.717, 1.165) is 5.56 Å². The minimum atomic E-state index is -3.14. The van der Waals surface area contributed by atoms with E-state index in [9.17, 15) is 18.0 Å². The van der Waals surface area contributed by atoms with Gasteiger partial charge in [-0.15, -0.1) is 0 Å². The van der Waals surface area contributed by atoms with Crippen molar-refractivity contribution in [2.45, 2.75) is 31.4 Å². The zero-order valence-corrected chi connectivity index (χ0v) is 18.4. The van der Waals surface area contributed by atoms with Gasteiger partial charge < -0.3 is 9.32 Å². The van der Waals surface area contributed by atoms with Gasteiger partial charge in [0.05, 0.1) is 16.2 Å². The van der Waals surface area contributed by atoms with Crippen LogP contribution >= 0.6 is 0 Å². The van der Waals surface area contributed by atoms with Crippen LogP contribution in [0.4, 0.5) is 0 Å². The Morgan fingerprint density at radius 1 is 1.03 bits per heavy atom. The Labute approximate surface area is 181 Å². The maximum Gasteiger partial charge on any atom is 0.257 e. The molecule has 162 valence electrons. The van der Waals surface area contributed by atoms with Crippen LogP contribution in [0.5, 0.6) is 0 Å². The van der Waals surface area contributed by atoms with E-state index in [1.165, 1.54) is 6.26 Å². The number of rotatable bonds is 3. The predicted octanol–water partition coefficient (Wildman–Crippen LogP) is 3.81. The van der Waals surface area contributed by atoms with Gasteiger partial charge in [-0.05, 0) is 38.3 Å². The average Bonchev–Trinajstić information content (AvgIpc) is 3.02. The number of carbonyl (C=O) groups excluding carboxylic acids is 1. The average molecular weight is 440 g/mol. The van der Waals surface area contributed by atoms with Crippen LogP contribution in [0.1, 0.15) is 35.2 Å². The second-order valence-corrected chi connectivity index (χ2v) is 10.4. The highest BCUT2D eigenvalue weighted by atomic mass is 32.2. The minimum absolute atomic E-state index is 0.164. The zero-order chi connectivity index (χ0) is 22.2. The van der Waals surface area contributed by atoms with Gasteiger partial charge in [0.1, 0.15) is 15.6 Å². The van der Waals surface area contributed by atoms with Crippen molar-refractivity contribution < 1.29 is 17.6 Å². The summed E-state index contributed by atoms with van der Waals surface area (Å²) < 4.78 is 30.1. The molecule has 0 bridgehead atoms. The number of sulfone groups is 1. The standard InChI is InChI=1S/C24H25NO5S/c1-16-21(26)19-11-6-12-20(23(19)30-22(16)17-8-4-3-5-9-17)24(27)25-14-7-10-18(13-15-25)31(2,28)29/h3-6,8-9,11-12,18H,7,10,13-15H2,1-2H3. The molecule has 0 aliphatic carbocycles. The number of benzene rings is 2. The fourth-order valence-electron chi connectivity index (χ4n) is 4.21. The highest BCUT2D eigenvalue weighted by Gasteiger charge is 2.28. The van der Waals surface area contributed by atoms with Gasteiger partial charge in [-0.2, -0.15) is 0 Å². The van der Waals surface area contributed by atoms with Gasteiger partial charge >= 0.3 is 0 Å². The summed E-state index contributed by atoms with van der Waals surface area (Å²) in [5, 5.41) is -0.0602. The predicted molar refractivity (Wildman–Crippen MR) is 121 cm³/mol. The summed E-state index contributed by atoms with van der Waals surface area (Å²) in [6.07, 6.45) is 2.83. The maximum absolute atomic E-state index is 13.4. The molecule has 1 atom stereocenters. The van der Waals surface area contributed by atoms with Crippen molar-refractivity contribution in [2.75, 3.05) is 19.3 Å². The Morgan fingerprint density at radius 2 is 1.77 bits per heavy atom. The third-order valence-corrected chi connectivity index (χ3v) is 7.66. The molecule has 1 amide bonds. The summed E-state index contributed by atoms with van der Waals surface area (Å²) >= 11 is 0. The number of likely N-dealkylation sites (tertiary alicyclic amines) is 1. The Hall–Kier alpha value is -2.93. The minimum Gasteiger partial charge on any atom is -0.455 e. The third kappa shape index (κ3) is 4.14. The molecule has 0 saturated carbocycles. The van der Waals surface area contributed by atoms with Crippen LogP contribution in [0.15, 0.2) is 57.7 Å². The maximum atomic E-state index is 13.4. The Morgan fingerprint density at radius 3 is 2.48 bits per heavy atom. The van der Waals surface area contributed by atoms with Gasteiger partial charge in [-0.25, -0.2) is 8.42 Å². The lowest BCUT2D eigenvalue weighted by atomic mass is 10.0. The van der Waals surface area contributed by atoms with Crippen molar-refractivity contribution in [3.63, 3.8) is 0 Å². The first-order chi connectivity index (χ1) is 14.8. The molecule has 0 N–H and O–H groups in total. The van der Waals surface area contributed by atoms with Gasteiger partial charge in [0, 0.05) is 30.5 Å². The summed E-state index contributed by atoms with van der Waals surface area (Å²) in [5.41, 5.74) is 1.69. The van der Waals surface area contributed by atoms with Crippen molar-refractivity contribution in [3.05, 3.63) is 69.9 Å². The number of nitrogens with zero attached hydrogens (tertiary/aromatic N) is 1. The second kappa shape index (κ2) is 8.30. The summed E-state index contributed by atoms with van der Waals surface area (Å²) in [7, 11) is -3.14. The second-order valence-electron chi connectivity index (χ2n) is 8.11. The van der Waals surface area contributed by atoms with Crippen molar-refractivity contribution in [1.29, 1.82) is 0 Å². The quantitative estimate of drug-likeness (QED) is 0.620. The molecular weight excluding hydrogens is 414 g/mol. The molecule has 1 unspecified atom stereocenters. The summed E-state index contributed by atoms with van der Waals surface area (Å²) in [6.45, 7) is 2.56. The van der Waals surface area contributed by atoms with E-state index in [2.05, 4.69) is 0 Å². The van der Waals surface area contributed by atoms with Crippen molar-refractivity contribution in [3.8, 4) is 11.3 Å². The van der Waals surface area contributed by atoms with Gasteiger partial charge in [-0.1, -0.05) is 36.4 Å². The molecule has 1 aliphatic rings. The smallest absolute Gasteiger partial charge is 0.257 e. The van der Waals surface area contributed by atoms with Crippen LogP contribution in [-0.4, -0.2) is 43.8 Å². The lowest BCUT2D eigenvalue weighted by Crippen LogP contribution is -2.33. The number of hydrogen-bond acceptors (Lipinski definition) is 5. The van der Waals surface area contributed by atoms with E-state index in [4.69, 9.17) is 4.42 Å². The first-order valence-corrected chi connectivity index (χ1v) is 12.3. The fraction of sp³-hybridized carbons (Fsp3) is 0.333. The van der Waals surface area contributed by atoms with Gasteiger partial charge in [0.2, 0.25) is 0 Å². The Balaban J connectivity index is 1.77. The monoisotopic (exact) mass is 439 g/mol. The number of hydrogen-bond donors (Lipinski definition) is 0. The molecule has 1 aromatic heterocycles. The van der Waals surface area contributed by atoms with Crippen molar-refractivity contribution in [1.82, 2.24) is 4.90 Å². The van der Waals surface area contributed by atoms with Gasteiger partial charge in [0.15, 0.2) is 11.0 Å². The van der Waals surface area contributed by atoms with Crippen LogP contribution in [0.2, 0.25) is 0 Å². The molecule has 1 aliphatic heterocycles. The van der Waals surface area contributed by atoms with E-state index < -0.39 is 15.1 Å². The fourth-order valence-corrected chi connectivity index (χ4v) is 5.34. The molecule has 7 heteroatoms. The van der Waals surface area contributed by atoms with E-state index in [1.807, 2.05) is 30.3 Å². The Bertz CT molecular complexity index is 1290. The highest BCUT2D eigenvalue weighted by Crippen LogP contribution is 2.28. The molecule has 3 aromatic rings. The normalized spacial score (nSPS) is 17.5. The topological polar surface area (TPSA) is 84.7 Å². The molecule has 6 nitrogen and oxygen atoms in total. The highest BCUT2D eigenvalue weighted by molar-refractivity contribution is 7.91. The first kappa shape index (κ1) is 21.3. The molecule has 1 saturated heterocycles. The van der Waals surface area contributed by atoms with Crippen molar-refractivity contribution >= 4 is 26.7 Å². The molecular formula is C24H25NO5S. The van der Waals surface area contributed by atoms with Crippen molar-refractivity contribution in [2.24, 2.45) is 0 Å². The van der Waals surface area contributed by atoms with E-state index >= 15 is 0 Å². The molecule has 0 spiro atoms. The number of fused-ring (bicyclic) bond motifs is 1. The third-order valence-electron chi connectivity index (χ3n) is 5.98. The van der Waals surface area contributed by atoms with E-state index in [1.54, 1.807) is 30.0 Å². The van der Waals surface area contributed by atoms with E-state index in [-0.39, 0.29) is 16.9 Å². The largest absolute Gasteiger partial charge is 0.455 e. The van der Waals surface area contributed by atoms with Crippen LogP contribution in [-0.2, 0) is 9.84 Å². The SMILES string of the molecule is Cc1c(-c2ccccc2)oc2c(C(=O)N3CCCC(S(C)(=O)=O)CC3)cccc2c1=O. The Kier molecular flexibility index (Phi) is 5.71. The lowest BCUT2D eigenvalue weighted by Gasteiger charge is -2.21. The molecule has 31 heavy (non-hydrogen) atoms. The van der Waals surface area contributed by atoms with Crippen LogP contribution in [0, 0.1) is 6.92 Å². The van der Waals surface area contributed by atoms with Crippen LogP contribution in [0.3, 0.4) is 0 Å². The summed E-state index contributed by atoms with van der Waals surface area (Å²) in [5.74, 6) is 0.206. The molecule has 1 fully saturated rings. The molecule has 2 heterocycles. The summed E-state index contributed by atoms with van der Waals surface area (Å²) in [4.78, 5) is 28.1. The van der Waals surface area contributed by atoms with Gasteiger partial charge in [-0.3, -0.25) is 9.59 Å². The van der Waals surface area contributed by atoms with Crippen LogP contribution < -0.4 is 5.43 Å². The van der Waals surface area contributed by atoms with Gasteiger partial charge in [0.25, 0.3) is 5.91 Å². The van der Waals surface area contributed by atoms with E-state index in [0.29, 0.717) is 54.6 Å². The number of carbonyl (C=O) groups is 1. The zero-order valence-electron chi connectivity index (χ0n) is 17.6. The first-order valence-electron chi connectivity index (χ1n) is 10.4. The molecule has 4 rings (SSSR count). The lowest BCUT2D eigenvalue weighted by molar-refractivity contribution is 0.0762. The molecule has 0 radical (unpaired) electrons. The number of para-hydroxylation sites is 1. The van der Waals surface area contributed by atoms with Crippen LogP contribution in [0.25, 0.3) is 22.3 Å². The number of amides is 1. The molecule has 2 aromatic carbocycles.